The third kappa shape index (κ3) is 2.64. The van der Waals surface area contributed by atoms with Gasteiger partial charge in [0.25, 0.3) is 0 Å². The Balaban J connectivity index is 2.17. The molecule has 0 aliphatic heterocycles. The Bertz CT molecular complexity index is 851. The number of aryl methyl sites for hydroxylation is 1. The quantitative estimate of drug-likeness (QED) is 0.769. The van der Waals surface area contributed by atoms with Gasteiger partial charge in [-0.1, -0.05) is 23.2 Å². The molecule has 3 aromatic rings. The van der Waals surface area contributed by atoms with E-state index >= 15 is 0 Å². The minimum absolute atomic E-state index is 0.267. The van der Waals surface area contributed by atoms with Crippen molar-refractivity contribution in [1.29, 1.82) is 5.26 Å². The molecule has 0 bridgehead atoms. The number of hydrogen-bond donors (Lipinski definition) is 1. The fourth-order valence-electron chi connectivity index (χ4n) is 2.10. The first kappa shape index (κ1) is 13.3. The van der Waals surface area contributed by atoms with Crippen molar-refractivity contribution < 1.29 is 0 Å². The van der Waals surface area contributed by atoms with E-state index in [4.69, 9.17) is 11.6 Å². The molecule has 4 nitrogen and oxygen atoms in total. The summed E-state index contributed by atoms with van der Waals surface area (Å²) in [6.07, 6.45) is 0. The summed E-state index contributed by atoms with van der Waals surface area (Å²) in [5, 5.41) is 22.1. The molecule has 1 N–H and O–H groups in total. The molecule has 0 aliphatic rings. The fourth-order valence-corrected chi connectivity index (χ4v) is 2.23. The molecule has 0 radical (unpaired) electrons. The zero-order valence-corrected chi connectivity index (χ0v) is 12.0. The molecule has 21 heavy (non-hydrogen) atoms. The van der Waals surface area contributed by atoms with Gasteiger partial charge in [0.1, 0.15) is 6.07 Å². The van der Waals surface area contributed by atoms with Crippen LogP contribution >= 0.6 is 11.6 Å². The van der Waals surface area contributed by atoms with Crippen molar-refractivity contribution in [2.24, 2.45) is 0 Å². The van der Waals surface area contributed by atoms with Crippen molar-refractivity contribution in [3.8, 4) is 6.07 Å². The standard InChI is InChI=1S/C16H11ClN4/c1-10-2-7-14-13(8-10)16(15(9-18)21-20-14)19-12-5-3-11(17)4-6-12/h2-8H,1H3,(H,19,20). The number of fused-ring (bicyclic) bond motifs is 1. The zero-order valence-electron chi connectivity index (χ0n) is 11.3. The summed E-state index contributed by atoms with van der Waals surface area (Å²) in [4.78, 5) is 0. The minimum Gasteiger partial charge on any atom is -0.353 e. The van der Waals surface area contributed by atoms with E-state index in [1.165, 1.54) is 0 Å². The molecular formula is C16H11ClN4. The fraction of sp³-hybridized carbons (Fsp3) is 0.0625. The van der Waals surface area contributed by atoms with Gasteiger partial charge in [-0.15, -0.1) is 10.2 Å². The van der Waals surface area contributed by atoms with E-state index in [1.807, 2.05) is 37.3 Å². The number of nitriles is 1. The van der Waals surface area contributed by atoms with E-state index in [1.54, 1.807) is 12.1 Å². The second-order valence-corrected chi connectivity index (χ2v) is 5.12. The maximum absolute atomic E-state index is 9.26. The molecule has 102 valence electrons. The highest BCUT2D eigenvalue weighted by Crippen LogP contribution is 2.28. The number of rotatable bonds is 2. The molecule has 2 aromatic carbocycles. The van der Waals surface area contributed by atoms with Gasteiger partial charge in [0.05, 0.1) is 11.2 Å². The van der Waals surface area contributed by atoms with Crippen molar-refractivity contribution in [3.05, 3.63) is 58.7 Å². The Morgan fingerprint density at radius 1 is 1.10 bits per heavy atom. The molecule has 1 aromatic heterocycles. The molecule has 0 amide bonds. The number of nitrogens with one attached hydrogen (secondary N) is 1. The highest BCUT2D eigenvalue weighted by Gasteiger charge is 2.11. The zero-order chi connectivity index (χ0) is 14.8. The van der Waals surface area contributed by atoms with Crippen LogP contribution in [0.15, 0.2) is 42.5 Å². The monoisotopic (exact) mass is 294 g/mol. The molecule has 0 saturated carbocycles. The summed E-state index contributed by atoms with van der Waals surface area (Å²) in [7, 11) is 0. The van der Waals surface area contributed by atoms with Gasteiger partial charge in [-0.25, -0.2) is 0 Å². The molecule has 0 unspecified atom stereocenters. The Morgan fingerprint density at radius 3 is 2.57 bits per heavy atom. The molecule has 3 rings (SSSR count). The molecule has 0 saturated heterocycles. The Labute approximate surface area is 127 Å². The number of benzene rings is 2. The van der Waals surface area contributed by atoms with Gasteiger partial charge in [-0.05, 0) is 43.3 Å². The average Bonchev–Trinajstić information content (AvgIpc) is 2.50. The maximum Gasteiger partial charge on any atom is 0.187 e. The van der Waals surface area contributed by atoms with E-state index < -0.39 is 0 Å². The van der Waals surface area contributed by atoms with Gasteiger partial charge in [-0.3, -0.25) is 0 Å². The van der Waals surface area contributed by atoms with E-state index in [2.05, 4.69) is 21.6 Å². The average molecular weight is 295 g/mol. The highest BCUT2D eigenvalue weighted by atomic mass is 35.5. The van der Waals surface area contributed by atoms with Crippen LogP contribution in [-0.2, 0) is 0 Å². The van der Waals surface area contributed by atoms with Crippen molar-refractivity contribution in [3.63, 3.8) is 0 Å². The van der Waals surface area contributed by atoms with Crippen molar-refractivity contribution in [2.45, 2.75) is 6.92 Å². The lowest BCUT2D eigenvalue weighted by Gasteiger charge is -2.11. The van der Waals surface area contributed by atoms with Crippen LogP contribution < -0.4 is 5.32 Å². The lowest BCUT2D eigenvalue weighted by Crippen LogP contribution is -2.00. The smallest absolute Gasteiger partial charge is 0.187 e. The molecule has 0 fully saturated rings. The second kappa shape index (κ2) is 5.39. The largest absolute Gasteiger partial charge is 0.353 e. The van der Waals surface area contributed by atoms with E-state index in [9.17, 15) is 5.26 Å². The summed E-state index contributed by atoms with van der Waals surface area (Å²) in [5.74, 6) is 0. The second-order valence-electron chi connectivity index (χ2n) is 4.69. The van der Waals surface area contributed by atoms with Crippen LogP contribution in [-0.4, -0.2) is 10.2 Å². The van der Waals surface area contributed by atoms with Gasteiger partial charge < -0.3 is 5.32 Å². The Kier molecular flexibility index (Phi) is 3.43. The molecule has 0 aliphatic carbocycles. The highest BCUT2D eigenvalue weighted by molar-refractivity contribution is 6.30. The topological polar surface area (TPSA) is 61.6 Å². The first-order valence-corrected chi connectivity index (χ1v) is 6.75. The molecule has 0 atom stereocenters. The van der Waals surface area contributed by atoms with Gasteiger partial charge in [0.2, 0.25) is 0 Å². The lowest BCUT2D eigenvalue weighted by atomic mass is 10.1. The molecular weight excluding hydrogens is 284 g/mol. The first-order valence-electron chi connectivity index (χ1n) is 6.37. The van der Waals surface area contributed by atoms with Crippen LogP contribution in [0.2, 0.25) is 5.02 Å². The molecule has 5 heteroatoms. The summed E-state index contributed by atoms with van der Waals surface area (Å²) in [6.45, 7) is 2.00. The summed E-state index contributed by atoms with van der Waals surface area (Å²) in [5.41, 5.74) is 3.61. The first-order chi connectivity index (χ1) is 10.2. The van der Waals surface area contributed by atoms with E-state index in [0.29, 0.717) is 10.7 Å². The van der Waals surface area contributed by atoms with Crippen LogP contribution in [0.4, 0.5) is 11.4 Å². The van der Waals surface area contributed by atoms with Gasteiger partial charge in [-0.2, -0.15) is 5.26 Å². The summed E-state index contributed by atoms with van der Waals surface area (Å²) in [6, 6.07) is 15.2. The minimum atomic E-state index is 0.267. The van der Waals surface area contributed by atoms with Crippen molar-refractivity contribution >= 4 is 33.9 Å². The van der Waals surface area contributed by atoms with Crippen LogP contribution in [0.5, 0.6) is 0 Å². The lowest BCUT2D eigenvalue weighted by molar-refractivity contribution is 1.05. The maximum atomic E-state index is 9.26. The van der Waals surface area contributed by atoms with Crippen LogP contribution in [0, 0.1) is 18.3 Å². The third-order valence-electron chi connectivity index (χ3n) is 3.14. The van der Waals surface area contributed by atoms with Gasteiger partial charge in [0, 0.05) is 16.1 Å². The SMILES string of the molecule is Cc1ccc2nnc(C#N)c(Nc3ccc(Cl)cc3)c2c1. The van der Waals surface area contributed by atoms with Crippen molar-refractivity contribution in [2.75, 3.05) is 5.32 Å². The molecule has 1 heterocycles. The number of aromatic nitrogens is 2. The number of nitrogens with zero attached hydrogens (tertiary/aromatic N) is 3. The predicted octanol–water partition coefficient (Wildman–Crippen LogP) is 4.21. The normalized spacial score (nSPS) is 10.3. The van der Waals surface area contributed by atoms with Gasteiger partial charge >= 0.3 is 0 Å². The predicted molar refractivity (Wildman–Crippen MR) is 83.7 cm³/mol. The molecule has 0 spiro atoms. The van der Waals surface area contributed by atoms with Crippen LogP contribution in [0.25, 0.3) is 10.9 Å². The summed E-state index contributed by atoms with van der Waals surface area (Å²) >= 11 is 5.89. The third-order valence-corrected chi connectivity index (χ3v) is 3.39. The van der Waals surface area contributed by atoms with Crippen molar-refractivity contribution in [1.82, 2.24) is 10.2 Å². The Morgan fingerprint density at radius 2 is 1.86 bits per heavy atom. The Hall–Kier alpha value is -2.64. The number of hydrogen-bond acceptors (Lipinski definition) is 4. The van der Waals surface area contributed by atoms with Gasteiger partial charge in [0.15, 0.2) is 5.69 Å². The number of halogens is 1. The van der Waals surface area contributed by atoms with Crippen LogP contribution in [0.3, 0.4) is 0 Å². The van der Waals surface area contributed by atoms with E-state index in [-0.39, 0.29) is 5.69 Å². The summed E-state index contributed by atoms with van der Waals surface area (Å²) < 4.78 is 0. The van der Waals surface area contributed by atoms with Crippen LogP contribution in [0.1, 0.15) is 11.3 Å². The number of anilines is 2. The van der Waals surface area contributed by atoms with E-state index in [0.717, 1.165) is 22.2 Å².